The van der Waals surface area contributed by atoms with Crippen molar-refractivity contribution in [1.29, 1.82) is 0 Å². The van der Waals surface area contributed by atoms with Crippen molar-refractivity contribution in [1.82, 2.24) is 5.32 Å². The number of furan rings is 1. The average Bonchev–Trinajstić information content (AvgIpc) is 3.05. The van der Waals surface area contributed by atoms with Crippen LogP contribution in [0.2, 0.25) is 0 Å². The van der Waals surface area contributed by atoms with Crippen LogP contribution < -0.4 is 5.32 Å². The van der Waals surface area contributed by atoms with Gasteiger partial charge in [0.05, 0.1) is 12.1 Å². The van der Waals surface area contributed by atoms with E-state index in [1.165, 1.54) is 11.3 Å². The summed E-state index contributed by atoms with van der Waals surface area (Å²) in [7, 11) is 0. The normalized spacial score (nSPS) is 17.5. The van der Waals surface area contributed by atoms with Crippen molar-refractivity contribution in [2.45, 2.75) is 32.3 Å². The maximum atomic E-state index is 12.3. The molecule has 1 saturated carbocycles. The molecule has 5 heteroatoms. The molecule has 4 nitrogen and oxygen atoms in total. The van der Waals surface area contributed by atoms with E-state index in [2.05, 4.69) is 5.32 Å². The molecule has 1 atom stereocenters. The van der Waals surface area contributed by atoms with Crippen LogP contribution in [0.1, 0.15) is 39.6 Å². The van der Waals surface area contributed by atoms with Crippen LogP contribution >= 0.6 is 11.3 Å². The van der Waals surface area contributed by atoms with E-state index in [1.54, 1.807) is 13.0 Å². The van der Waals surface area contributed by atoms with Gasteiger partial charge in [0.15, 0.2) is 0 Å². The predicted molar refractivity (Wildman–Crippen MR) is 81.5 cm³/mol. The topological polar surface area (TPSA) is 62.5 Å². The Labute approximate surface area is 127 Å². The lowest BCUT2D eigenvalue weighted by atomic mass is 9.95. The number of aryl methyl sites for hydroxylation is 2. The highest BCUT2D eigenvalue weighted by molar-refractivity contribution is 7.10. The number of nitrogens with one attached hydrogen (secondary N) is 1. The van der Waals surface area contributed by atoms with Crippen LogP contribution in [0.3, 0.4) is 0 Å². The van der Waals surface area contributed by atoms with E-state index in [0.29, 0.717) is 17.1 Å². The molecule has 2 N–H and O–H groups in total. The van der Waals surface area contributed by atoms with Crippen molar-refractivity contribution in [3.8, 4) is 0 Å². The maximum Gasteiger partial charge on any atom is 0.254 e. The first-order valence-corrected chi connectivity index (χ1v) is 8.00. The minimum atomic E-state index is -0.948. The van der Waals surface area contributed by atoms with E-state index < -0.39 is 5.60 Å². The lowest BCUT2D eigenvalue weighted by Gasteiger charge is -2.27. The van der Waals surface area contributed by atoms with Gasteiger partial charge in [-0.25, -0.2) is 0 Å². The van der Waals surface area contributed by atoms with E-state index in [-0.39, 0.29) is 18.4 Å². The number of carbonyl (C=O) groups excluding carboxylic acids is 1. The summed E-state index contributed by atoms with van der Waals surface area (Å²) in [6.07, 6.45) is 2.02. The van der Waals surface area contributed by atoms with Crippen molar-refractivity contribution in [2.24, 2.45) is 5.92 Å². The number of carbonyl (C=O) groups is 1. The summed E-state index contributed by atoms with van der Waals surface area (Å²) in [6.45, 7) is 3.82. The first-order valence-electron chi connectivity index (χ1n) is 7.12. The summed E-state index contributed by atoms with van der Waals surface area (Å²) in [6, 6.07) is 5.59. The Bertz CT molecular complexity index is 643. The van der Waals surface area contributed by atoms with Crippen molar-refractivity contribution in [3.05, 3.63) is 45.5 Å². The van der Waals surface area contributed by atoms with Crippen LogP contribution in [0.5, 0.6) is 0 Å². The molecular weight excluding hydrogens is 286 g/mol. The molecule has 1 amide bonds. The molecule has 1 fully saturated rings. The van der Waals surface area contributed by atoms with Crippen LogP contribution in [0.15, 0.2) is 28.0 Å². The number of amides is 1. The van der Waals surface area contributed by atoms with Crippen molar-refractivity contribution < 1.29 is 14.3 Å². The highest BCUT2D eigenvalue weighted by Gasteiger charge is 2.46. The summed E-state index contributed by atoms with van der Waals surface area (Å²) >= 11 is 1.53. The zero-order valence-electron chi connectivity index (χ0n) is 12.2. The third-order valence-corrected chi connectivity index (χ3v) is 5.04. The van der Waals surface area contributed by atoms with Gasteiger partial charge < -0.3 is 14.8 Å². The summed E-state index contributed by atoms with van der Waals surface area (Å²) < 4.78 is 5.38. The van der Waals surface area contributed by atoms with E-state index in [0.717, 1.165) is 17.7 Å². The van der Waals surface area contributed by atoms with Gasteiger partial charge in [0, 0.05) is 4.88 Å². The van der Waals surface area contributed by atoms with Crippen LogP contribution in [0.25, 0.3) is 0 Å². The van der Waals surface area contributed by atoms with E-state index in [1.807, 2.05) is 24.4 Å². The van der Waals surface area contributed by atoms with Crippen molar-refractivity contribution >= 4 is 17.2 Å². The Morgan fingerprint density at radius 2 is 2.29 bits per heavy atom. The van der Waals surface area contributed by atoms with Crippen molar-refractivity contribution in [3.63, 3.8) is 0 Å². The second-order valence-corrected chi connectivity index (χ2v) is 6.63. The third-order valence-electron chi connectivity index (χ3n) is 4.00. The monoisotopic (exact) mass is 305 g/mol. The fourth-order valence-corrected chi connectivity index (χ4v) is 3.59. The zero-order valence-corrected chi connectivity index (χ0v) is 13.0. The lowest BCUT2D eigenvalue weighted by molar-refractivity contribution is 0.0169. The first-order chi connectivity index (χ1) is 10.0. The van der Waals surface area contributed by atoms with Gasteiger partial charge in [0.2, 0.25) is 0 Å². The van der Waals surface area contributed by atoms with Crippen LogP contribution in [-0.2, 0) is 5.60 Å². The summed E-state index contributed by atoms with van der Waals surface area (Å²) in [5, 5.41) is 15.8. The second-order valence-electron chi connectivity index (χ2n) is 5.69. The molecule has 0 saturated heterocycles. The molecule has 0 aromatic carbocycles. The van der Waals surface area contributed by atoms with E-state index >= 15 is 0 Å². The Morgan fingerprint density at radius 3 is 2.81 bits per heavy atom. The first kappa shape index (κ1) is 14.4. The smallest absolute Gasteiger partial charge is 0.254 e. The summed E-state index contributed by atoms with van der Waals surface area (Å²) in [5.41, 5.74) is -0.409. The van der Waals surface area contributed by atoms with Gasteiger partial charge in [-0.15, -0.1) is 11.3 Å². The number of rotatable bonds is 5. The molecule has 2 heterocycles. The minimum Gasteiger partial charge on any atom is -0.466 e. The minimum absolute atomic E-state index is 0.194. The fourth-order valence-electron chi connectivity index (χ4n) is 2.68. The van der Waals surface area contributed by atoms with Crippen LogP contribution in [0.4, 0.5) is 0 Å². The average molecular weight is 305 g/mol. The molecule has 112 valence electrons. The van der Waals surface area contributed by atoms with Crippen LogP contribution in [0, 0.1) is 19.8 Å². The highest BCUT2D eigenvalue weighted by Crippen LogP contribution is 2.46. The Kier molecular flexibility index (Phi) is 3.63. The number of thiophene rings is 1. The molecule has 2 aromatic rings. The van der Waals surface area contributed by atoms with Crippen LogP contribution in [-0.4, -0.2) is 17.6 Å². The molecule has 2 aromatic heterocycles. The Hall–Kier alpha value is -1.59. The maximum absolute atomic E-state index is 12.3. The molecular formula is C16H19NO3S. The quantitative estimate of drug-likeness (QED) is 0.892. The Morgan fingerprint density at radius 1 is 1.52 bits per heavy atom. The Balaban J connectivity index is 1.73. The number of hydrogen-bond acceptors (Lipinski definition) is 4. The van der Waals surface area contributed by atoms with Gasteiger partial charge in [-0.2, -0.15) is 0 Å². The molecule has 0 unspecified atom stereocenters. The molecule has 3 rings (SSSR count). The van der Waals surface area contributed by atoms with Gasteiger partial charge in [-0.05, 0) is 50.1 Å². The standard InChI is InChI=1S/C16H19NO3S/c1-10-8-13(11(2)20-10)15(18)17-9-16(19,12-5-6-12)14-4-3-7-21-14/h3-4,7-8,12,19H,5-6,9H2,1-2H3,(H,17,18)/t16-/m0/s1. The summed E-state index contributed by atoms with van der Waals surface area (Å²) in [5.74, 6) is 1.37. The second kappa shape index (κ2) is 5.31. The molecule has 0 radical (unpaired) electrons. The van der Waals surface area contributed by atoms with E-state index in [4.69, 9.17) is 4.42 Å². The molecule has 1 aliphatic rings. The van der Waals surface area contributed by atoms with Crippen molar-refractivity contribution in [2.75, 3.05) is 6.54 Å². The third kappa shape index (κ3) is 2.76. The molecule has 21 heavy (non-hydrogen) atoms. The van der Waals surface area contributed by atoms with Gasteiger partial charge in [0.25, 0.3) is 5.91 Å². The van der Waals surface area contributed by atoms with E-state index in [9.17, 15) is 9.90 Å². The van der Waals surface area contributed by atoms with Gasteiger partial charge in [0.1, 0.15) is 17.1 Å². The molecule has 0 bridgehead atoms. The number of aliphatic hydroxyl groups is 1. The zero-order chi connectivity index (χ0) is 15.0. The predicted octanol–water partition coefficient (Wildman–Crippen LogP) is 2.99. The van der Waals surface area contributed by atoms with Gasteiger partial charge in [-0.1, -0.05) is 6.07 Å². The molecule has 1 aliphatic carbocycles. The highest BCUT2D eigenvalue weighted by atomic mass is 32.1. The largest absolute Gasteiger partial charge is 0.466 e. The lowest BCUT2D eigenvalue weighted by Crippen LogP contribution is -2.42. The van der Waals surface area contributed by atoms with Gasteiger partial charge in [-0.3, -0.25) is 4.79 Å². The molecule has 0 spiro atoms. The summed E-state index contributed by atoms with van der Waals surface area (Å²) in [4.78, 5) is 13.2. The SMILES string of the molecule is Cc1cc(C(=O)NC[C@@](O)(c2cccs2)C2CC2)c(C)o1. The van der Waals surface area contributed by atoms with Gasteiger partial charge >= 0.3 is 0 Å². The number of hydrogen-bond donors (Lipinski definition) is 2. The molecule has 0 aliphatic heterocycles. The fraction of sp³-hybridized carbons (Fsp3) is 0.438.